The topological polar surface area (TPSA) is 58.6 Å². The Balaban J connectivity index is 1.98. The van der Waals surface area contributed by atoms with Crippen molar-refractivity contribution in [3.63, 3.8) is 0 Å². The number of likely N-dealkylation sites (tertiary alicyclic amines) is 1. The van der Waals surface area contributed by atoms with Crippen molar-refractivity contribution in [2.45, 2.75) is 19.0 Å². The first-order valence-electron chi connectivity index (χ1n) is 5.89. The van der Waals surface area contributed by atoms with Gasteiger partial charge in [0.1, 0.15) is 5.75 Å². The van der Waals surface area contributed by atoms with E-state index in [0.717, 1.165) is 15.8 Å². The highest BCUT2D eigenvalue weighted by Crippen LogP contribution is 2.25. The third-order valence-electron chi connectivity index (χ3n) is 3.15. The number of halogens is 1. The minimum absolute atomic E-state index is 0.140. The summed E-state index contributed by atoms with van der Waals surface area (Å²) >= 11 is 3.41. The summed E-state index contributed by atoms with van der Waals surface area (Å²) in [5.74, 6) is 0.451. The number of imide groups is 1. The van der Waals surface area contributed by atoms with Crippen LogP contribution >= 0.6 is 15.9 Å². The molecule has 1 unspecified atom stereocenters. The number of rotatable bonds is 4. The smallest absolute Gasteiger partial charge is 0.246 e. The van der Waals surface area contributed by atoms with Gasteiger partial charge in [0.05, 0.1) is 24.0 Å². The van der Waals surface area contributed by atoms with Crippen molar-refractivity contribution >= 4 is 27.7 Å². The summed E-state index contributed by atoms with van der Waals surface area (Å²) in [6.45, 7) is 0.528. The fourth-order valence-electron chi connectivity index (χ4n) is 1.98. The molecule has 1 fully saturated rings. The minimum Gasteiger partial charge on any atom is -0.496 e. The molecule has 1 N–H and O–H groups in total. The van der Waals surface area contributed by atoms with Crippen LogP contribution in [0.25, 0.3) is 0 Å². The van der Waals surface area contributed by atoms with Crippen LogP contribution in [0, 0.1) is 0 Å². The Morgan fingerprint density at radius 3 is 2.74 bits per heavy atom. The van der Waals surface area contributed by atoms with Crippen molar-refractivity contribution in [3.05, 3.63) is 28.2 Å². The van der Waals surface area contributed by atoms with Gasteiger partial charge < -0.3 is 10.1 Å². The molecule has 2 amide bonds. The number of carbonyl (C=O) groups excluding carboxylic acids is 2. The Morgan fingerprint density at radius 1 is 1.47 bits per heavy atom. The Kier molecular flexibility index (Phi) is 4.21. The predicted octanol–water partition coefficient (Wildman–Crippen LogP) is 1.30. The molecule has 0 aromatic heterocycles. The number of amides is 2. The Bertz CT molecular complexity index is 519. The van der Waals surface area contributed by atoms with E-state index in [1.54, 1.807) is 7.11 Å². The third-order valence-corrected chi connectivity index (χ3v) is 3.77. The summed E-state index contributed by atoms with van der Waals surface area (Å²) in [6, 6.07) is 5.28. The van der Waals surface area contributed by atoms with Gasteiger partial charge in [-0.25, -0.2) is 0 Å². The number of benzene rings is 1. The van der Waals surface area contributed by atoms with Crippen LogP contribution in [0.1, 0.15) is 12.0 Å². The summed E-state index contributed by atoms with van der Waals surface area (Å²) in [6.07, 6.45) is 0.229. The monoisotopic (exact) mass is 326 g/mol. The second-order valence-corrected chi connectivity index (χ2v) is 5.25. The third kappa shape index (κ3) is 2.96. The SMILES string of the molecule is COc1ccc(CNC2CC(=O)N(C)C2=O)cc1Br. The number of carbonyl (C=O) groups is 2. The fourth-order valence-corrected chi connectivity index (χ4v) is 2.56. The Hall–Kier alpha value is -1.40. The van der Waals surface area contributed by atoms with Gasteiger partial charge in [-0.3, -0.25) is 14.5 Å². The maximum absolute atomic E-state index is 11.7. The van der Waals surface area contributed by atoms with Crippen molar-refractivity contribution in [2.75, 3.05) is 14.2 Å². The quantitative estimate of drug-likeness (QED) is 0.847. The van der Waals surface area contributed by atoms with Gasteiger partial charge in [0, 0.05) is 13.6 Å². The van der Waals surface area contributed by atoms with Crippen LogP contribution in [0.3, 0.4) is 0 Å². The standard InChI is InChI=1S/C13H15BrN2O3/c1-16-12(17)6-10(13(16)18)15-7-8-3-4-11(19-2)9(14)5-8/h3-5,10,15H,6-7H2,1-2H3. The first-order valence-corrected chi connectivity index (χ1v) is 6.68. The van der Waals surface area contributed by atoms with Gasteiger partial charge in [-0.05, 0) is 33.6 Å². The summed E-state index contributed by atoms with van der Waals surface area (Å²) in [7, 11) is 3.12. The van der Waals surface area contributed by atoms with E-state index >= 15 is 0 Å². The van der Waals surface area contributed by atoms with Crippen LogP contribution in [0.5, 0.6) is 5.75 Å². The van der Waals surface area contributed by atoms with Crippen molar-refractivity contribution in [1.82, 2.24) is 10.2 Å². The number of hydrogen-bond acceptors (Lipinski definition) is 4. The lowest BCUT2D eigenvalue weighted by molar-refractivity contribution is -0.137. The number of nitrogens with zero attached hydrogens (tertiary/aromatic N) is 1. The van der Waals surface area contributed by atoms with Gasteiger partial charge in [-0.15, -0.1) is 0 Å². The summed E-state index contributed by atoms with van der Waals surface area (Å²) in [5, 5.41) is 3.10. The van der Waals surface area contributed by atoms with Crippen molar-refractivity contribution in [2.24, 2.45) is 0 Å². The summed E-state index contributed by atoms with van der Waals surface area (Å²) in [5.41, 5.74) is 1.02. The maximum Gasteiger partial charge on any atom is 0.246 e. The molecule has 1 atom stereocenters. The maximum atomic E-state index is 11.7. The highest BCUT2D eigenvalue weighted by Gasteiger charge is 2.35. The van der Waals surface area contributed by atoms with E-state index in [-0.39, 0.29) is 18.2 Å². The highest BCUT2D eigenvalue weighted by atomic mass is 79.9. The zero-order valence-electron chi connectivity index (χ0n) is 10.8. The molecule has 1 aliphatic heterocycles. The molecular weight excluding hydrogens is 312 g/mol. The van der Waals surface area contributed by atoms with Gasteiger partial charge in [-0.1, -0.05) is 6.07 Å². The second kappa shape index (κ2) is 5.71. The second-order valence-electron chi connectivity index (χ2n) is 4.40. The number of ether oxygens (including phenoxy) is 1. The average Bonchev–Trinajstić information content (AvgIpc) is 2.64. The molecule has 19 heavy (non-hydrogen) atoms. The van der Waals surface area contributed by atoms with E-state index in [1.165, 1.54) is 11.9 Å². The van der Waals surface area contributed by atoms with Crippen LogP contribution < -0.4 is 10.1 Å². The zero-order chi connectivity index (χ0) is 14.0. The van der Waals surface area contributed by atoms with Gasteiger partial charge in [0.15, 0.2) is 0 Å². The molecule has 102 valence electrons. The van der Waals surface area contributed by atoms with E-state index in [4.69, 9.17) is 4.74 Å². The number of methoxy groups -OCH3 is 1. The lowest BCUT2D eigenvalue weighted by Crippen LogP contribution is -2.36. The van der Waals surface area contributed by atoms with Crippen LogP contribution in [-0.4, -0.2) is 36.9 Å². The normalized spacial score (nSPS) is 19.1. The van der Waals surface area contributed by atoms with Gasteiger partial charge in [-0.2, -0.15) is 0 Å². The molecule has 1 aliphatic rings. The molecule has 0 aliphatic carbocycles. The molecule has 1 aromatic rings. The van der Waals surface area contributed by atoms with Crippen molar-refractivity contribution in [1.29, 1.82) is 0 Å². The van der Waals surface area contributed by atoms with Crippen LogP contribution in [0.2, 0.25) is 0 Å². The van der Waals surface area contributed by atoms with Gasteiger partial charge in [0.2, 0.25) is 11.8 Å². The average molecular weight is 327 g/mol. The number of nitrogens with one attached hydrogen (secondary N) is 1. The molecule has 2 rings (SSSR count). The van der Waals surface area contributed by atoms with Crippen LogP contribution in [0.15, 0.2) is 22.7 Å². The largest absolute Gasteiger partial charge is 0.496 e. The first kappa shape index (κ1) is 14.0. The zero-order valence-corrected chi connectivity index (χ0v) is 12.4. The number of likely N-dealkylation sites (N-methyl/N-ethyl adjacent to an activating group) is 1. The van der Waals surface area contributed by atoms with E-state index in [2.05, 4.69) is 21.2 Å². The Labute approximate surface area is 120 Å². The molecule has 0 saturated carbocycles. The minimum atomic E-state index is -0.418. The van der Waals surface area contributed by atoms with Crippen LogP contribution in [-0.2, 0) is 16.1 Å². The molecule has 0 radical (unpaired) electrons. The van der Waals surface area contributed by atoms with E-state index in [0.29, 0.717) is 6.54 Å². The fraction of sp³-hybridized carbons (Fsp3) is 0.385. The lowest BCUT2D eigenvalue weighted by atomic mass is 10.2. The van der Waals surface area contributed by atoms with Gasteiger partial charge >= 0.3 is 0 Å². The van der Waals surface area contributed by atoms with Crippen LogP contribution in [0.4, 0.5) is 0 Å². The van der Waals surface area contributed by atoms with E-state index in [9.17, 15) is 9.59 Å². The molecule has 6 heteroatoms. The molecule has 0 spiro atoms. The molecule has 0 bridgehead atoms. The van der Waals surface area contributed by atoms with Gasteiger partial charge in [0.25, 0.3) is 0 Å². The van der Waals surface area contributed by atoms with Crippen molar-refractivity contribution in [3.8, 4) is 5.75 Å². The summed E-state index contributed by atoms with van der Waals surface area (Å²) in [4.78, 5) is 24.3. The highest BCUT2D eigenvalue weighted by molar-refractivity contribution is 9.10. The summed E-state index contributed by atoms with van der Waals surface area (Å²) < 4.78 is 6.01. The molecule has 5 nitrogen and oxygen atoms in total. The van der Waals surface area contributed by atoms with E-state index in [1.807, 2.05) is 18.2 Å². The van der Waals surface area contributed by atoms with E-state index < -0.39 is 6.04 Å². The Morgan fingerprint density at radius 2 is 2.21 bits per heavy atom. The molecule has 1 heterocycles. The molecule has 1 aromatic carbocycles. The predicted molar refractivity (Wildman–Crippen MR) is 73.7 cm³/mol. The lowest BCUT2D eigenvalue weighted by Gasteiger charge is -2.12. The first-order chi connectivity index (χ1) is 9.02. The molecular formula is C13H15BrN2O3. The number of hydrogen-bond donors (Lipinski definition) is 1. The molecule has 1 saturated heterocycles. The van der Waals surface area contributed by atoms with Crippen molar-refractivity contribution < 1.29 is 14.3 Å².